The predicted molar refractivity (Wildman–Crippen MR) is 88.0 cm³/mol. The van der Waals surface area contributed by atoms with Crippen LogP contribution in [0.4, 0.5) is 0 Å². The molecule has 0 spiro atoms. The first-order valence-electron chi connectivity index (χ1n) is 8.05. The van der Waals surface area contributed by atoms with Gasteiger partial charge in [-0.3, -0.25) is 0 Å². The van der Waals surface area contributed by atoms with Crippen LogP contribution >= 0.6 is 15.9 Å². The molecule has 0 radical (unpaired) electrons. The Bertz CT molecular complexity index is 492. The van der Waals surface area contributed by atoms with Gasteiger partial charge in [0.25, 0.3) is 0 Å². The SMILES string of the molecule is CC1CCCCC1NCc1cc(Br)c2c(c1)OCCCO2. The summed E-state index contributed by atoms with van der Waals surface area (Å²) < 4.78 is 12.5. The lowest BCUT2D eigenvalue weighted by Gasteiger charge is -2.29. The zero-order valence-electron chi connectivity index (χ0n) is 12.7. The molecule has 0 saturated heterocycles. The highest BCUT2D eigenvalue weighted by atomic mass is 79.9. The standard InChI is InChI=1S/C17H24BrNO2/c1-12-5-2-3-6-15(12)19-11-13-9-14(18)17-16(10-13)20-7-4-8-21-17/h9-10,12,15,19H,2-8,11H2,1H3. The van der Waals surface area contributed by atoms with Crippen molar-refractivity contribution in [2.24, 2.45) is 5.92 Å². The summed E-state index contributed by atoms with van der Waals surface area (Å²) in [6.45, 7) is 4.71. The Hall–Kier alpha value is -0.740. The minimum atomic E-state index is 0.647. The molecule has 0 amide bonds. The third-order valence-corrected chi connectivity index (χ3v) is 5.13. The van der Waals surface area contributed by atoms with Gasteiger partial charge >= 0.3 is 0 Å². The molecule has 1 heterocycles. The molecule has 1 aliphatic carbocycles. The van der Waals surface area contributed by atoms with E-state index >= 15 is 0 Å². The van der Waals surface area contributed by atoms with E-state index in [0.29, 0.717) is 6.04 Å². The monoisotopic (exact) mass is 353 g/mol. The molecule has 3 rings (SSSR count). The van der Waals surface area contributed by atoms with E-state index in [1.807, 2.05) is 0 Å². The van der Waals surface area contributed by atoms with Gasteiger partial charge in [0.1, 0.15) is 0 Å². The average molecular weight is 354 g/mol. The summed E-state index contributed by atoms with van der Waals surface area (Å²) in [6, 6.07) is 4.91. The smallest absolute Gasteiger partial charge is 0.175 e. The highest BCUT2D eigenvalue weighted by Gasteiger charge is 2.21. The molecule has 3 nitrogen and oxygen atoms in total. The molecule has 4 heteroatoms. The molecule has 116 valence electrons. The molecule has 2 unspecified atom stereocenters. The van der Waals surface area contributed by atoms with Crippen LogP contribution in [0.5, 0.6) is 11.5 Å². The summed E-state index contributed by atoms with van der Waals surface area (Å²) in [7, 11) is 0. The number of benzene rings is 1. The molecular weight excluding hydrogens is 330 g/mol. The van der Waals surface area contributed by atoms with Gasteiger partial charge < -0.3 is 14.8 Å². The zero-order chi connectivity index (χ0) is 14.7. The van der Waals surface area contributed by atoms with Crippen LogP contribution in [0.2, 0.25) is 0 Å². The third kappa shape index (κ3) is 3.72. The van der Waals surface area contributed by atoms with Crippen LogP contribution in [0.15, 0.2) is 16.6 Å². The van der Waals surface area contributed by atoms with Crippen molar-refractivity contribution in [3.63, 3.8) is 0 Å². The van der Waals surface area contributed by atoms with E-state index < -0.39 is 0 Å². The third-order valence-electron chi connectivity index (χ3n) is 4.54. The largest absolute Gasteiger partial charge is 0.490 e. The number of nitrogens with one attached hydrogen (secondary N) is 1. The van der Waals surface area contributed by atoms with Crippen molar-refractivity contribution in [2.75, 3.05) is 13.2 Å². The first-order valence-corrected chi connectivity index (χ1v) is 8.85. The highest BCUT2D eigenvalue weighted by molar-refractivity contribution is 9.10. The van der Waals surface area contributed by atoms with E-state index in [2.05, 4.69) is 40.3 Å². The summed E-state index contributed by atoms with van der Waals surface area (Å²) >= 11 is 3.61. The van der Waals surface area contributed by atoms with E-state index in [0.717, 1.165) is 48.1 Å². The minimum Gasteiger partial charge on any atom is -0.490 e. The first-order chi connectivity index (χ1) is 10.2. The molecule has 0 aromatic heterocycles. The molecule has 2 atom stereocenters. The molecule has 1 aromatic rings. The van der Waals surface area contributed by atoms with Crippen molar-refractivity contribution in [2.45, 2.75) is 51.6 Å². The van der Waals surface area contributed by atoms with Crippen molar-refractivity contribution < 1.29 is 9.47 Å². The van der Waals surface area contributed by atoms with Gasteiger partial charge in [-0.15, -0.1) is 0 Å². The second-order valence-electron chi connectivity index (χ2n) is 6.20. The molecule has 1 N–H and O–H groups in total. The van der Waals surface area contributed by atoms with Gasteiger partial charge in [-0.25, -0.2) is 0 Å². The average Bonchev–Trinajstić information content (AvgIpc) is 2.72. The predicted octanol–water partition coefficient (Wildman–Crippen LogP) is 4.28. The highest BCUT2D eigenvalue weighted by Crippen LogP contribution is 2.38. The Morgan fingerprint density at radius 1 is 1.14 bits per heavy atom. The molecule has 1 saturated carbocycles. The lowest BCUT2D eigenvalue weighted by Crippen LogP contribution is -2.36. The maximum atomic E-state index is 5.80. The van der Waals surface area contributed by atoms with Gasteiger partial charge in [0.2, 0.25) is 0 Å². The van der Waals surface area contributed by atoms with Crippen molar-refractivity contribution in [1.82, 2.24) is 5.32 Å². The Morgan fingerprint density at radius 3 is 2.81 bits per heavy atom. The molecule has 2 aliphatic rings. The molecule has 1 aliphatic heterocycles. The van der Waals surface area contributed by atoms with Crippen LogP contribution in [0, 0.1) is 5.92 Å². The molecular formula is C17H24BrNO2. The summed E-state index contributed by atoms with van der Waals surface area (Å²) in [4.78, 5) is 0. The van der Waals surface area contributed by atoms with Crippen LogP contribution in [-0.4, -0.2) is 19.3 Å². The number of rotatable bonds is 3. The second kappa shape index (κ2) is 7.01. The van der Waals surface area contributed by atoms with Gasteiger partial charge in [-0.1, -0.05) is 19.8 Å². The topological polar surface area (TPSA) is 30.5 Å². The lowest BCUT2D eigenvalue weighted by atomic mass is 9.86. The van der Waals surface area contributed by atoms with Crippen molar-refractivity contribution >= 4 is 15.9 Å². The van der Waals surface area contributed by atoms with E-state index in [1.165, 1.54) is 31.2 Å². The van der Waals surface area contributed by atoms with Crippen molar-refractivity contribution in [3.05, 3.63) is 22.2 Å². The number of fused-ring (bicyclic) bond motifs is 1. The van der Waals surface area contributed by atoms with Crippen LogP contribution in [0.3, 0.4) is 0 Å². The van der Waals surface area contributed by atoms with E-state index in [4.69, 9.17) is 9.47 Å². The van der Waals surface area contributed by atoms with Crippen LogP contribution in [-0.2, 0) is 6.54 Å². The van der Waals surface area contributed by atoms with Gasteiger partial charge in [0.15, 0.2) is 11.5 Å². The summed E-state index contributed by atoms with van der Waals surface area (Å²) in [5, 5.41) is 3.72. The fraction of sp³-hybridized carbons (Fsp3) is 0.647. The number of ether oxygens (including phenoxy) is 2. The van der Waals surface area contributed by atoms with Crippen molar-refractivity contribution in [3.8, 4) is 11.5 Å². The first kappa shape index (κ1) is 15.2. The normalized spacial score (nSPS) is 25.4. The Kier molecular flexibility index (Phi) is 5.07. The Balaban J connectivity index is 1.68. The summed E-state index contributed by atoms with van der Waals surface area (Å²) in [6.07, 6.45) is 6.32. The molecule has 1 aromatic carbocycles. The second-order valence-corrected chi connectivity index (χ2v) is 7.06. The molecule has 1 fully saturated rings. The number of hydrogen-bond donors (Lipinski definition) is 1. The minimum absolute atomic E-state index is 0.647. The van der Waals surface area contributed by atoms with Gasteiger partial charge in [-0.2, -0.15) is 0 Å². The van der Waals surface area contributed by atoms with E-state index in [-0.39, 0.29) is 0 Å². The Morgan fingerprint density at radius 2 is 1.95 bits per heavy atom. The number of halogens is 1. The number of hydrogen-bond acceptors (Lipinski definition) is 3. The fourth-order valence-corrected chi connectivity index (χ4v) is 3.86. The maximum Gasteiger partial charge on any atom is 0.175 e. The molecule has 21 heavy (non-hydrogen) atoms. The van der Waals surface area contributed by atoms with Gasteiger partial charge in [-0.05, 0) is 52.4 Å². The summed E-state index contributed by atoms with van der Waals surface area (Å²) in [5.74, 6) is 2.50. The van der Waals surface area contributed by atoms with E-state index in [9.17, 15) is 0 Å². The van der Waals surface area contributed by atoms with Crippen molar-refractivity contribution in [1.29, 1.82) is 0 Å². The fourth-order valence-electron chi connectivity index (χ4n) is 3.25. The van der Waals surface area contributed by atoms with Gasteiger partial charge in [0, 0.05) is 19.0 Å². The molecule has 0 bridgehead atoms. The quantitative estimate of drug-likeness (QED) is 0.879. The maximum absolute atomic E-state index is 5.80. The Labute approximate surface area is 135 Å². The van der Waals surface area contributed by atoms with Gasteiger partial charge in [0.05, 0.1) is 17.7 Å². The summed E-state index contributed by atoms with van der Waals surface area (Å²) in [5.41, 5.74) is 1.25. The lowest BCUT2D eigenvalue weighted by molar-refractivity contribution is 0.279. The van der Waals surface area contributed by atoms with Crippen LogP contribution < -0.4 is 14.8 Å². The van der Waals surface area contributed by atoms with Crippen LogP contribution in [0.25, 0.3) is 0 Å². The zero-order valence-corrected chi connectivity index (χ0v) is 14.2. The van der Waals surface area contributed by atoms with Crippen LogP contribution in [0.1, 0.15) is 44.6 Å². The van der Waals surface area contributed by atoms with E-state index in [1.54, 1.807) is 0 Å².